The van der Waals surface area contributed by atoms with Crippen molar-refractivity contribution in [2.75, 3.05) is 0 Å². The summed E-state index contributed by atoms with van der Waals surface area (Å²) >= 11 is 3.38. The molecule has 0 aliphatic rings. The van der Waals surface area contributed by atoms with E-state index in [-0.39, 0.29) is 0 Å². The molecule has 0 aliphatic carbocycles. The molecule has 1 aromatic rings. The van der Waals surface area contributed by atoms with Crippen LogP contribution in [0.1, 0.15) is 5.56 Å². The van der Waals surface area contributed by atoms with Gasteiger partial charge in [0, 0.05) is 11.0 Å². The van der Waals surface area contributed by atoms with Gasteiger partial charge in [-0.25, -0.2) is 0 Å². The highest BCUT2D eigenvalue weighted by Crippen LogP contribution is 2.11. The van der Waals surface area contributed by atoms with E-state index in [9.17, 15) is 0 Å². The van der Waals surface area contributed by atoms with Crippen LogP contribution in [0.15, 0.2) is 28.7 Å². The summed E-state index contributed by atoms with van der Waals surface area (Å²) in [6.07, 6.45) is 0.833. The van der Waals surface area contributed by atoms with Crippen LogP contribution in [0.2, 0.25) is 0 Å². The van der Waals surface area contributed by atoms with Crippen molar-refractivity contribution in [2.24, 2.45) is 5.73 Å². The lowest BCUT2D eigenvalue weighted by atomic mass is 10.2. The fourth-order valence-corrected chi connectivity index (χ4v) is 1.25. The Labute approximate surface area is 69.4 Å². The molecule has 0 aliphatic heterocycles. The first-order valence-electron chi connectivity index (χ1n) is 3.11. The molecule has 1 rings (SSSR count). The predicted molar refractivity (Wildman–Crippen MR) is 46.3 cm³/mol. The van der Waals surface area contributed by atoms with Gasteiger partial charge < -0.3 is 5.73 Å². The van der Waals surface area contributed by atoms with Gasteiger partial charge in [-0.1, -0.05) is 28.1 Å². The van der Waals surface area contributed by atoms with Crippen LogP contribution in [0.25, 0.3) is 0 Å². The maximum absolute atomic E-state index is 5.27. The van der Waals surface area contributed by atoms with Gasteiger partial charge in [-0.15, -0.1) is 0 Å². The Morgan fingerprint density at radius 2 is 2.30 bits per heavy atom. The molecule has 0 saturated carbocycles. The molecular formula is C8H9BrN. The van der Waals surface area contributed by atoms with Crippen molar-refractivity contribution in [2.45, 2.75) is 6.42 Å². The van der Waals surface area contributed by atoms with Crippen molar-refractivity contribution in [1.29, 1.82) is 0 Å². The Morgan fingerprint density at radius 3 is 2.90 bits per heavy atom. The second-order valence-electron chi connectivity index (χ2n) is 2.07. The first-order chi connectivity index (χ1) is 4.83. The standard InChI is InChI=1S/C8H9BrN/c9-8-3-1-2-7(6-8)4-5-10/h1-3,5-6H,4,10H2. The number of benzene rings is 1. The van der Waals surface area contributed by atoms with Gasteiger partial charge >= 0.3 is 0 Å². The average molecular weight is 199 g/mol. The Bertz CT molecular complexity index is 210. The van der Waals surface area contributed by atoms with E-state index >= 15 is 0 Å². The smallest absolute Gasteiger partial charge is 0.0236 e. The summed E-state index contributed by atoms with van der Waals surface area (Å²) in [6.45, 7) is 1.65. The van der Waals surface area contributed by atoms with Gasteiger partial charge in [-0.2, -0.15) is 0 Å². The lowest BCUT2D eigenvalue weighted by molar-refractivity contribution is 1.10. The summed E-state index contributed by atoms with van der Waals surface area (Å²) in [5.74, 6) is 0. The summed E-state index contributed by atoms with van der Waals surface area (Å²) in [6, 6.07) is 8.11. The molecule has 2 heteroatoms. The van der Waals surface area contributed by atoms with Gasteiger partial charge in [-0.05, 0) is 24.1 Å². The van der Waals surface area contributed by atoms with Crippen molar-refractivity contribution < 1.29 is 0 Å². The van der Waals surface area contributed by atoms with Gasteiger partial charge in [-0.3, -0.25) is 0 Å². The van der Waals surface area contributed by atoms with Crippen LogP contribution >= 0.6 is 15.9 Å². The molecule has 1 aromatic carbocycles. The van der Waals surface area contributed by atoms with E-state index in [1.54, 1.807) is 6.54 Å². The van der Waals surface area contributed by atoms with Crippen LogP contribution in [0, 0.1) is 6.54 Å². The molecule has 0 amide bonds. The summed E-state index contributed by atoms with van der Waals surface area (Å²) < 4.78 is 1.10. The highest BCUT2D eigenvalue weighted by Gasteiger charge is 1.90. The topological polar surface area (TPSA) is 26.0 Å². The molecule has 53 valence electrons. The van der Waals surface area contributed by atoms with Crippen molar-refractivity contribution in [3.05, 3.63) is 40.8 Å². The number of hydrogen-bond donors (Lipinski definition) is 1. The van der Waals surface area contributed by atoms with E-state index in [2.05, 4.69) is 22.0 Å². The number of rotatable bonds is 2. The number of nitrogens with two attached hydrogens (primary N) is 1. The Hall–Kier alpha value is -0.340. The van der Waals surface area contributed by atoms with Crippen molar-refractivity contribution in [3.63, 3.8) is 0 Å². The summed E-state index contributed by atoms with van der Waals surface area (Å²) in [5.41, 5.74) is 6.50. The zero-order valence-electron chi connectivity index (χ0n) is 5.55. The number of hydrogen-bond acceptors (Lipinski definition) is 1. The summed E-state index contributed by atoms with van der Waals surface area (Å²) in [7, 11) is 0. The minimum Gasteiger partial charge on any atom is -0.326 e. The minimum absolute atomic E-state index is 0.833. The third-order valence-electron chi connectivity index (χ3n) is 1.24. The molecule has 0 aromatic heterocycles. The second kappa shape index (κ2) is 3.74. The van der Waals surface area contributed by atoms with Crippen LogP contribution in [-0.4, -0.2) is 0 Å². The Balaban J connectivity index is 2.75. The average Bonchev–Trinajstić information content (AvgIpc) is 1.88. The lowest BCUT2D eigenvalue weighted by Gasteiger charge is -1.96. The van der Waals surface area contributed by atoms with Crippen molar-refractivity contribution in [1.82, 2.24) is 0 Å². The van der Waals surface area contributed by atoms with Gasteiger partial charge in [0.15, 0.2) is 0 Å². The molecule has 0 spiro atoms. The first-order valence-corrected chi connectivity index (χ1v) is 3.90. The van der Waals surface area contributed by atoms with Crippen molar-refractivity contribution in [3.8, 4) is 0 Å². The van der Waals surface area contributed by atoms with E-state index in [0.29, 0.717) is 0 Å². The maximum atomic E-state index is 5.27. The molecular weight excluding hydrogens is 190 g/mol. The van der Waals surface area contributed by atoms with Gasteiger partial charge in [0.25, 0.3) is 0 Å². The van der Waals surface area contributed by atoms with E-state index in [1.165, 1.54) is 5.56 Å². The highest BCUT2D eigenvalue weighted by molar-refractivity contribution is 9.10. The van der Waals surface area contributed by atoms with E-state index < -0.39 is 0 Å². The third kappa shape index (κ3) is 2.12. The molecule has 2 N–H and O–H groups in total. The molecule has 0 heterocycles. The van der Waals surface area contributed by atoms with Crippen LogP contribution in [-0.2, 0) is 6.42 Å². The van der Waals surface area contributed by atoms with Crippen LogP contribution in [0.3, 0.4) is 0 Å². The van der Waals surface area contributed by atoms with E-state index in [4.69, 9.17) is 5.73 Å². The normalized spacial score (nSPS) is 9.80. The SMILES string of the molecule is N[CH]Cc1cccc(Br)c1. The molecule has 0 unspecified atom stereocenters. The fourth-order valence-electron chi connectivity index (χ4n) is 0.800. The van der Waals surface area contributed by atoms with Gasteiger partial charge in [0.2, 0.25) is 0 Å². The zero-order chi connectivity index (χ0) is 7.40. The third-order valence-corrected chi connectivity index (χ3v) is 1.74. The lowest BCUT2D eigenvalue weighted by Crippen LogP contribution is -1.94. The maximum Gasteiger partial charge on any atom is 0.0236 e. The molecule has 10 heavy (non-hydrogen) atoms. The Morgan fingerprint density at radius 1 is 1.50 bits per heavy atom. The van der Waals surface area contributed by atoms with E-state index in [0.717, 1.165) is 10.9 Å². The van der Waals surface area contributed by atoms with Crippen LogP contribution < -0.4 is 5.73 Å². The Kier molecular flexibility index (Phi) is 2.90. The summed E-state index contributed by atoms with van der Waals surface area (Å²) in [4.78, 5) is 0. The van der Waals surface area contributed by atoms with Gasteiger partial charge in [0.1, 0.15) is 0 Å². The van der Waals surface area contributed by atoms with Crippen LogP contribution in [0.4, 0.5) is 0 Å². The molecule has 1 nitrogen and oxygen atoms in total. The highest BCUT2D eigenvalue weighted by atomic mass is 79.9. The predicted octanol–water partition coefficient (Wildman–Crippen LogP) is 2.11. The molecule has 0 saturated heterocycles. The zero-order valence-corrected chi connectivity index (χ0v) is 7.14. The van der Waals surface area contributed by atoms with Gasteiger partial charge in [0.05, 0.1) is 0 Å². The largest absolute Gasteiger partial charge is 0.326 e. The summed E-state index contributed by atoms with van der Waals surface area (Å²) in [5, 5.41) is 0. The second-order valence-corrected chi connectivity index (χ2v) is 2.99. The monoisotopic (exact) mass is 198 g/mol. The fraction of sp³-hybridized carbons (Fsp3) is 0.125. The molecule has 0 atom stereocenters. The van der Waals surface area contributed by atoms with Crippen molar-refractivity contribution >= 4 is 15.9 Å². The van der Waals surface area contributed by atoms with Crippen LogP contribution in [0.5, 0.6) is 0 Å². The quantitative estimate of drug-likeness (QED) is 0.775. The molecule has 0 fully saturated rings. The number of halogens is 1. The first kappa shape index (κ1) is 7.76. The molecule has 1 radical (unpaired) electrons. The minimum atomic E-state index is 0.833. The van der Waals surface area contributed by atoms with E-state index in [1.807, 2.05) is 18.2 Å². The molecule has 0 bridgehead atoms.